The largest absolute Gasteiger partial charge is 0.478 e. The van der Waals surface area contributed by atoms with Gasteiger partial charge in [0.25, 0.3) is 0 Å². The molecule has 1 N–H and O–H groups in total. The summed E-state index contributed by atoms with van der Waals surface area (Å²) in [4.78, 5) is 17.0. The maximum atomic E-state index is 10.9. The van der Waals surface area contributed by atoms with Gasteiger partial charge in [0.1, 0.15) is 17.1 Å². The van der Waals surface area contributed by atoms with Crippen molar-refractivity contribution in [1.82, 2.24) is 9.88 Å². The number of furan rings is 1. The molecule has 0 saturated carbocycles. The third kappa shape index (κ3) is 3.42. The molecule has 0 radical (unpaired) electrons. The molecule has 5 nitrogen and oxygen atoms in total. The fourth-order valence-corrected chi connectivity index (χ4v) is 1.96. The van der Waals surface area contributed by atoms with Crippen molar-refractivity contribution in [3.8, 4) is 0 Å². The molecule has 0 aliphatic carbocycles. The number of aromatic nitrogens is 1. The molecule has 0 aliphatic rings. The lowest BCUT2D eigenvalue weighted by molar-refractivity contribution is 0.0695. The fourth-order valence-electron chi connectivity index (χ4n) is 1.96. The average Bonchev–Trinajstić information content (AvgIpc) is 2.71. The van der Waals surface area contributed by atoms with Gasteiger partial charge in [-0.25, -0.2) is 4.79 Å². The van der Waals surface area contributed by atoms with Crippen molar-refractivity contribution in [2.24, 2.45) is 0 Å². The molecule has 0 spiro atoms. The van der Waals surface area contributed by atoms with Crippen LogP contribution in [0.25, 0.3) is 0 Å². The van der Waals surface area contributed by atoms with Crippen LogP contribution < -0.4 is 0 Å². The van der Waals surface area contributed by atoms with E-state index in [0.29, 0.717) is 18.1 Å². The molecule has 5 heteroatoms. The average molecular weight is 260 g/mol. The Morgan fingerprint density at radius 1 is 1.37 bits per heavy atom. The predicted octanol–water partition coefficient (Wildman–Crippen LogP) is 2.31. The molecule has 100 valence electrons. The van der Waals surface area contributed by atoms with E-state index < -0.39 is 5.97 Å². The van der Waals surface area contributed by atoms with Gasteiger partial charge in [-0.3, -0.25) is 9.88 Å². The number of hydrogen-bond acceptors (Lipinski definition) is 4. The molecular weight excluding hydrogens is 244 g/mol. The smallest absolute Gasteiger partial charge is 0.339 e. The van der Waals surface area contributed by atoms with Crippen molar-refractivity contribution < 1.29 is 14.3 Å². The third-order valence-corrected chi connectivity index (χ3v) is 2.83. The number of pyridine rings is 1. The summed E-state index contributed by atoms with van der Waals surface area (Å²) in [5.74, 6) is 0.149. The number of hydrogen-bond donors (Lipinski definition) is 1. The summed E-state index contributed by atoms with van der Waals surface area (Å²) < 4.78 is 5.45. The predicted molar refractivity (Wildman–Crippen MR) is 69.8 cm³/mol. The third-order valence-electron chi connectivity index (χ3n) is 2.83. The van der Waals surface area contributed by atoms with Crippen LogP contribution in [0.15, 0.2) is 35.0 Å². The summed E-state index contributed by atoms with van der Waals surface area (Å²) in [6.45, 7) is 2.98. The first-order chi connectivity index (χ1) is 9.06. The van der Waals surface area contributed by atoms with E-state index in [1.54, 1.807) is 25.4 Å². The van der Waals surface area contributed by atoms with Crippen LogP contribution in [0, 0.1) is 6.92 Å². The van der Waals surface area contributed by atoms with Crippen LogP contribution in [0.4, 0.5) is 0 Å². The van der Waals surface area contributed by atoms with Crippen LogP contribution in [0.1, 0.15) is 27.4 Å². The van der Waals surface area contributed by atoms with E-state index >= 15 is 0 Å². The minimum Gasteiger partial charge on any atom is -0.478 e. The second-order valence-electron chi connectivity index (χ2n) is 4.52. The van der Waals surface area contributed by atoms with Crippen molar-refractivity contribution in [2.45, 2.75) is 20.0 Å². The Balaban J connectivity index is 2.01. The second-order valence-corrected chi connectivity index (χ2v) is 4.52. The fraction of sp³-hybridized carbons (Fsp3) is 0.286. The Morgan fingerprint density at radius 3 is 2.63 bits per heavy atom. The van der Waals surface area contributed by atoms with Crippen LogP contribution in [0.3, 0.4) is 0 Å². The lowest BCUT2D eigenvalue weighted by atomic mass is 10.2. The Labute approximate surface area is 111 Å². The number of aromatic carboxylic acids is 1. The van der Waals surface area contributed by atoms with Gasteiger partial charge in [0.15, 0.2) is 0 Å². The topological polar surface area (TPSA) is 66.6 Å². The van der Waals surface area contributed by atoms with Gasteiger partial charge in [-0.1, -0.05) is 0 Å². The molecule has 2 heterocycles. The molecule has 0 saturated heterocycles. The van der Waals surface area contributed by atoms with Gasteiger partial charge in [-0.15, -0.1) is 0 Å². The molecule has 19 heavy (non-hydrogen) atoms. The highest BCUT2D eigenvalue weighted by molar-refractivity contribution is 5.88. The number of carbonyl (C=O) groups is 1. The molecule has 2 aromatic rings. The zero-order valence-electron chi connectivity index (χ0n) is 11.0. The first kappa shape index (κ1) is 13.3. The summed E-state index contributed by atoms with van der Waals surface area (Å²) in [5, 5.41) is 8.97. The molecule has 2 aromatic heterocycles. The Bertz CT molecular complexity index is 563. The van der Waals surface area contributed by atoms with Gasteiger partial charge in [-0.05, 0) is 37.7 Å². The lowest BCUT2D eigenvalue weighted by Crippen LogP contribution is -2.16. The van der Waals surface area contributed by atoms with Crippen LogP contribution in [0.5, 0.6) is 0 Å². The minimum absolute atomic E-state index is 0.229. The Morgan fingerprint density at radius 2 is 2.05 bits per heavy atom. The number of carboxylic acid groups (broad SMARTS) is 1. The highest BCUT2D eigenvalue weighted by Gasteiger charge is 2.14. The van der Waals surface area contributed by atoms with E-state index in [-0.39, 0.29) is 5.56 Å². The summed E-state index contributed by atoms with van der Waals surface area (Å²) in [7, 11) is 1.96. The second kappa shape index (κ2) is 5.67. The van der Waals surface area contributed by atoms with Gasteiger partial charge >= 0.3 is 5.97 Å². The van der Waals surface area contributed by atoms with Gasteiger partial charge in [0.2, 0.25) is 0 Å². The number of carboxylic acids is 1. The van der Waals surface area contributed by atoms with E-state index in [1.807, 2.05) is 19.2 Å². The molecule has 2 rings (SSSR count). The van der Waals surface area contributed by atoms with Crippen molar-refractivity contribution in [2.75, 3.05) is 7.05 Å². The normalized spacial score (nSPS) is 10.9. The molecule has 0 unspecified atom stereocenters. The molecule has 0 bridgehead atoms. The van der Waals surface area contributed by atoms with Crippen LogP contribution >= 0.6 is 0 Å². The van der Waals surface area contributed by atoms with E-state index in [9.17, 15) is 4.79 Å². The summed E-state index contributed by atoms with van der Waals surface area (Å²) in [5.41, 5.74) is 1.38. The van der Waals surface area contributed by atoms with Crippen molar-refractivity contribution in [3.63, 3.8) is 0 Å². The molecule has 0 atom stereocenters. The first-order valence-corrected chi connectivity index (χ1v) is 5.96. The summed E-state index contributed by atoms with van der Waals surface area (Å²) in [6, 6.07) is 5.49. The number of aryl methyl sites for hydroxylation is 1. The van der Waals surface area contributed by atoms with E-state index in [4.69, 9.17) is 9.52 Å². The maximum Gasteiger partial charge on any atom is 0.339 e. The molecule has 0 amide bonds. The van der Waals surface area contributed by atoms with Crippen LogP contribution in [0.2, 0.25) is 0 Å². The standard InChI is InChI=1S/C14H16N2O3/c1-10-13(14(17)18)7-12(19-10)9-16(2)8-11-3-5-15-6-4-11/h3-7H,8-9H2,1-2H3,(H,17,18). The maximum absolute atomic E-state index is 10.9. The molecule has 0 aliphatic heterocycles. The first-order valence-electron chi connectivity index (χ1n) is 5.96. The van der Waals surface area contributed by atoms with E-state index in [2.05, 4.69) is 9.88 Å². The van der Waals surface area contributed by atoms with Gasteiger partial charge in [0.05, 0.1) is 6.54 Å². The molecule has 0 aromatic carbocycles. The summed E-state index contributed by atoms with van der Waals surface area (Å²) >= 11 is 0. The SMILES string of the molecule is Cc1oc(CN(C)Cc2ccncc2)cc1C(=O)O. The van der Waals surface area contributed by atoms with Crippen molar-refractivity contribution in [1.29, 1.82) is 0 Å². The number of nitrogens with zero attached hydrogens (tertiary/aromatic N) is 2. The number of rotatable bonds is 5. The minimum atomic E-state index is -0.954. The molecular formula is C14H16N2O3. The van der Waals surface area contributed by atoms with Gasteiger partial charge in [0, 0.05) is 18.9 Å². The highest BCUT2D eigenvalue weighted by atomic mass is 16.4. The van der Waals surface area contributed by atoms with E-state index in [0.717, 1.165) is 12.1 Å². The van der Waals surface area contributed by atoms with Gasteiger partial charge < -0.3 is 9.52 Å². The van der Waals surface area contributed by atoms with E-state index in [1.165, 1.54) is 0 Å². The highest BCUT2D eigenvalue weighted by Crippen LogP contribution is 2.16. The van der Waals surface area contributed by atoms with Crippen LogP contribution in [-0.4, -0.2) is 28.0 Å². The van der Waals surface area contributed by atoms with Gasteiger partial charge in [-0.2, -0.15) is 0 Å². The quantitative estimate of drug-likeness (QED) is 0.893. The zero-order valence-corrected chi connectivity index (χ0v) is 11.0. The molecule has 0 fully saturated rings. The van der Waals surface area contributed by atoms with Crippen molar-refractivity contribution >= 4 is 5.97 Å². The van der Waals surface area contributed by atoms with Crippen LogP contribution in [-0.2, 0) is 13.1 Å². The Hall–Kier alpha value is -2.14. The van der Waals surface area contributed by atoms with Crippen molar-refractivity contribution in [3.05, 3.63) is 53.2 Å². The summed E-state index contributed by atoms with van der Waals surface area (Å²) in [6.07, 6.45) is 3.51. The monoisotopic (exact) mass is 260 g/mol. The Kier molecular flexibility index (Phi) is 3.97. The lowest BCUT2D eigenvalue weighted by Gasteiger charge is -2.14. The zero-order chi connectivity index (χ0) is 13.8.